The van der Waals surface area contributed by atoms with E-state index in [-0.39, 0.29) is 11.7 Å². The van der Waals surface area contributed by atoms with E-state index in [4.69, 9.17) is 16.2 Å². The van der Waals surface area contributed by atoms with E-state index in [1.165, 1.54) is 0 Å². The molecule has 1 aromatic carbocycles. The minimum atomic E-state index is -0.454. The fraction of sp³-hybridized carbons (Fsp3) is 0.533. The highest BCUT2D eigenvalue weighted by atomic mass is 16.5. The Labute approximate surface area is 119 Å². The van der Waals surface area contributed by atoms with Crippen molar-refractivity contribution in [3.05, 3.63) is 29.3 Å². The smallest absolute Gasteiger partial charge is 0.248 e. The molecule has 1 saturated heterocycles. The van der Waals surface area contributed by atoms with E-state index in [2.05, 4.69) is 25.7 Å². The molecule has 1 aromatic rings. The fourth-order valence-corrected chi connectivity index (χ4v) is 2.84. The molecule has 1 atom stereocenters. The highest BCUT2D eigenvalue weighted by Crippen LogP contribution is 2.24. The van der Waals surface area contributed by atoms with Gasteiger partial charge in [-0.15, -0.1) is 0 Å². The largest absolute Gasteiger partial charge is 0.398 e. The van der Waals surface area contributed by atoms with E-state index in [1.54, 1.807) is 12.1 Å². The van der Waals surface area contributed by atoms with Crippen LogP contribution in [0.1, 0.15) is 36.7 Å². The fourth-order valence-electron chi connectivity index (χ4n) is 2.84. The van der Waals surface area contributed by atoms with Gasteiger partial charge in [0, 0.05) is 30.9 Å². The molecule has 1 heterocycles. The predicted molar refractivity (Wildman–Crippen MR) is 79.3 cm³/mol. The first kappa shape index (κ1) is 14.8. The zero-order valence-electron chi connectivity index (χ0n) is 12.3. The Hall–Kier alpha value is -1.59. The first-order valence-corrected chi connectivity index (χ1v) is 6.85. The molecule has 110 valence electrons. The molecule has 4 N–H and O–H groups in total. The van der Waals surface area contributed by atoms with Gasteiger partial charge in [0.25, 0.3) is 0 Å². The molecule has 5 heteroatoms. The molecule has 0 radical (unpaired) electrons. The molecule has 0 bridgehead atoms. The number of primary amides is 1. The van der Waals surface area contributed by atoms with Crippen LogP contribution in [-0.4, -0.2) is 35.6 Å². The maximum atomic E-state index is 11.1. The van der Waals surface area contributed by atoms with Crippen LogP contribution in [0.3, 0.4) is 0 Å². The maximum Gasteiger partial charge on any atom is 0.248 e. The van der Waals surface area contributed by atoms with Crippen molar-refractivity contribution < 1.29 is 9.53 Å². The summed E-state index contributed by atoms with van der Waals surface area (Å²) in [6, 6.07) is 5.25. The summed E-state index contributed by atoms with van der Waals surface area (Å²) >= 11 is 0. The number of benzene rings is 1. The topological polar surface area (TPSA) is 81.6 Å². The molecular formula is C15H23N3O2. The molecule has 0 spiro atoms. The number of ether oxygens (including phenoxy) is 1. The Morgan fingerprint density at radius 1 is 1.50 bits per heavy atom. The van der Waals surface area contributed by atoms with Crippen LogP contribution in [0.4, 0.5) is 5.69 Å². The number of carbonyl (C=O) groups is 1. The van der Waals surface area contributed by atoms with Gasteiger partial charge in [-0.3, -0.25) is 9.69 Å². The number of nitrogens with two attached hydrogens (primary N) is 2. The molecule has 1 fully saturated rings. The summed E-state index contributed by atoms with van der Waals surface area (Å²) in [5, 5.41) is 0. The highest BCUT2D eigenvalue weighted by molar-refractivity contribution is 5.93. The number of amides is 1. The third kappa shape index (κ3) is 3.49. The zero-order chi connectivity index (χ0) is 14.9. The number of nitrogen functional groups attached to an aromatic ring is 1. The number of rotatable bonds is 3. The molecule has 1 unspecified atom stereocenters. The van der Waals surface area contributed by atoms with Crippen LogP contribution in [0.25, 0.3) is 0 Å². The molecular weight excluding hydrogens is 254 g/mol. The van der Waals surface area contributed by atoms with Gasteiger partial charge in [0.05, 0.1) is 11.7 Å². The van der Waals surface area contributed by atoms with Crippen LogP contribution < -0.4 is 11.5 Å². The summed E-state index contributed by atoms with van der Waals surface area (Å²) in [5.74, 6) is -0.454. The molecule has 1 aliphatic rings. The van der Waals surface area contributed by atoms with E-state index in [1.807, 2.05) is 6.07 Å². The molecule has 1 amide bonds. The van der Waals surface area contributed by atoms with Gasteiger partial charge in [-0.1, -0.05) is 6.07 Å². The quantitative estimate of drug-likeness (QED) is 0.818. The van der Waals surface area contributed by atoms with Crippen LogP contribution in [0.5, 0.6) is 0 Å². The Kier molecular flexibility index (Phi) is 4.01. The standard InChI is InChI=1S/C15H23N3O2/c1-10-7-18(9-15(2,3)20-10)8-12-5-4-11(14(17)19)6-13(12)16/h4-6,10H,7-9,16H2,1-3H3,(H2,17,19). The van der Waals surface area contributed by atoms with Gasteiger partial charge in [0.1, 0.15) is 0 Å². The average molecular weight is 277 g/mol. The van der Waals surface area contributed by atoms with E-state index >= 15 is 0 Å². The average Bonchev–Trinajstić information content (AvgIpc) is 2.28. The van der Waals surface area contributed by atoms with E-state index in [0.29, 0.717) is 11.3 Å². The third-order valence-electron chi connectivity index (χ3n) is 3.46. The van der Waals surface area contributed by atoms with Gasteiger partial charge in [0.2, 0.25) is 5.91 Å². The zero-order valence-corrected chi connectivity index (χ0v) is 12.3. The van der Waals surface area contributed by atoms with E-state index < -0.39 is 5.91 Å². The number of nitrogens with zero attached hydrogens (tertiary/aromatic N) is 1. The normalized spacial score (nSPS) is 22.6. The minimum Gasteiger partial charge on any atom is -0.398 e. The van der Waals surface area contributed by atoms with Crippen molar-refractivity contribution in [3.8, 4) is 0 Å². The van der Waals surface area contributed by atoms with Crippen LogP contribution >= 0.6 is 0 Å². The lowest BCUT2D eigenvalue weighted by Crippen LogP contribution is -2.51. The summed E-state index contributed by atoms with van der Waals surface area (Å²) in [6.45, 7) is 8.74. The lowest BCUT2D eigenvalue weighted by Gasteiger charge is -2.41. The lowest BCUT2D eigenvalue weighted by atomic mass is 10.0. The van der Waals surface area contributed by atoms with E-state index in [0.717, 1.165) is 25.2 Å². The number of hydrogen-bond donors (Lipinski definition) is 2. The van der Waals surface area contributed by atoms with Gasteiger partial charge >= 0.3 is 0 Å². The molecule has 20 heavy (non-hydrogen) atoms. The SMILES string of the molecule is CC1CN(Cc2ccc(C(N)=O)cc2N)CC(C)(C)O1. The Morgan fingerprint density at radius 2 is 2.20 bits per heavy atom. The van der Waals surface area contributed by atoms with Crippen molar-refractivity contribution in [1.29, 1.82) is 0 Å². The number of carbonyl (C=O) groups excluding carboxylic acids is 1. The van der Waals surface area contributed by atoms with Crippen molar-refractivity contribution in [1.82, 2.24) is 4.90 Å². The molecule has 0 saturated carbocycles. The Balaban J connectivity index is 2.12. The minimum absolute atomic E-state index is 0.153. The van der Waals surface area contributed by atoms with Gasteiger partial charge in [0.15, 0.2) is 0 Å². The molecule has 0 aromatic heterocycles. The summed E-state index contributed by atoms with van der Waals surface area (Å²) < 4.78 is 5.89. The number of hydrogen-bond acceptors (Lipinski definition) is 4. The van der Waals surface area contributed by atoms with Crippen LogP contribution in [0.2, 0.25) is 0 Å². The predicted octanol–water partition coefficient (Wildman–Crippen LogP) is 1.37. The molecule has 2 rings (SSSR count). The van der Waals surface area contributed by atoms with Crippen molar-refractivity contribution in [2.75, 3.05) is 18.8 Å². The number of morpholine rings is 1. The summed E-state index contributed by atoms with van der Waals surface area (Å²) in [4.78, 5) is 13.4. The lowest BCUT2D eigenvalue weighted by molar-refractivity contribution is -0.130. The highest BCUT2D eigenvalue weighted by Gasteiger charge is 2.31. The Bertz CT molecular complexity index is 514. The molecule has 5 nitrogen and oxygen atoms in total. The van der Waals surface area contributed by atoms with Crippen molar-refractivity contribution >= 4 is 11.6 Å². The van der Waals surface area contributed by atoms with Gasteiger partial charge in [-0.25, -0.2) is 0 Å². The first-order chi connectivity index (χ1) is 9.27. The van der Waals surface area contributed by atoms with Gasteiger partial charge in [-0.2, -0.15) is 0 Å². The van der Waals surface area contributed by atoms with Crippen molar-refractivity contribution in [2.24, 2.45) is 5.73 Å². The number of anilines is 1. The van der Waals surface area contributed by atoms with Crippen LogP contribution in [0.15, 0.2) is 18.2 Å². The van der Waals surface area contributed by atoms with Gasteiger partial charge < -0.3 is 16.2 Å². The molecule has 1 aliphatic heterocycles. The Morgan fingerprint density at radius 3 is 2.75 bits per heavy atom. The first-order valence-electron chi connectivity index (χ1n) is 6.85. The summed E-state index contributed by atoms with van der Waals surface area (Å²) in [5.41, 5.74) is 13.2. The second-order valence-electron chi connectivity index (χ2n) is 6.14. The molecule has 0 aliphatic carbocycles. The van der Waals surface area contributed by atoms with Crippen LogP contribution in [-0.2, 0) is 11.3 Å². The monoisotopic (exact) mass is 277 g/mol. The van der Waals surface area contributed by atoms with Crippen LogP contribution in [0, 0.1) is 0 Å². The summed E-state index contributed by atoms with van der Waals surface area (Å²) in [7, 11) is 0. The van der Waals surface area contributed by atoms with Crippen molar-refractivity contribution in [3.63, 3.8) is 0 Å². The second-order valence-corrected chi connectivity index (χ2v) is 6.14. The van der Waals surface area contributed by atoms with Crippen molar-refractivity contribution in [2.45, 2.75) is 39.0 Å². The third-order valence-corrected chi connectivity index (χ3v) is 3.46. The van der Waals surface area contributed by atoms with E-state index in [9.17, 15) is 4.79 Å². The summed E-state index contributed by atoms with van der Waals surface area (Å²) in [6.07, 6.45) is 0.199. The van der Waals surface area contributed by atoms with Gasteiger partial charge in [-0.05, 0) is 38.5 Å². The maximum absolute atomic E-state index is 11.1. The second kappa shape index (κ2) is 5.42.